The number of benzene rings is 3. The first-order valence-electron chi connectivity index (χ1n) is 16.6. The number of primary amides is 1. The fourth-order valence-corrected chi connectivity index (χ4v) is 7.96. The van der Waals surface area contributed by atoms with E-state index in [2.05, 4.69) is 21.5 Å². The van der Waals surface area contributed by atoms with E-state index in [-0.39, 0.29) is 11.9 Å². The number of halogens is 2. The Morgan fingerprint density at radius 2 is 1.68 bits per heavy atom. The highest BCUT2D eigenvalue weighted by Gasteiger charge is 2.37. The molecule has 1 atom stereocenters. The van der Waals surface area contributed by atoms with Crippen LogP contribution in [0.15, 0.2) is 54.9 Å². The summed E-state index contributed by atoms with van der Waals surface area (Å²) in [5.41, 5.74) is 15.2. The number of para-hydroxylation sites is 1. The van der Waals surface area contributed by atoms with Crippen LogP contribution in [-0.4, -0.2) is 44.1 Å². The highest BCUT2D eigenvalue weighted by Crippen LogP contribution is 2.45. The molecule has 2 amide bonds. The topological polar surface area (TPSA) is 108 Å². The van der Waals surface area contributed by atoms with Gasteiger partial charge in [-0.1, -0.05) is 41.4 Å². The van der Waals surface area contributed by atoms with Crippen LogP contribution in [0.25, 0.3) is 32.9 Å². The van der Waals surface area contributed by atoms with Gasteiger partial charge in [0.2, 0.25) is 0 Å². The highest BCUT2D eigenvalue weighted by atomic mass is 35.5. The van der Waals surface area contributed by atoms with Gasteiger partial charge in [0.1, 0.15) is 23.5 Å². The number of nitrogens with zero attached hydrogens (tertiary/aromatic N) is 5. The molecule has 0 aliphatic carbocycles. The second kappa shape index (κ2) is 12.8. The predicted octanol–water partition coefficient (Wildman–Crippen LogP) is 8.46. The Bertz CT molecular complexity index is 2330. The Morgan fingerprint density at radius 3 is 2.36 bits per heavy atom. The minimum absolute atomic E-state index is 0.131. The molecule has 0 saturated heterocycles. The summed E-state index contributed by atoms with van der Waals surface area (Å²) >= 11 is 13.4. The Labute approximate surface area is 300 Å². The van der Waals surface area contributed by atoms with Crippen molar-refractivity contribution < 1.29 is 14.3 Å². The lowest BCUT2D eigenvalue weighted by atomic mass is 9.97. The SMILES string of the molecule is Cc1cc(OCCCc2c3n(c4c(-c5c(C)ncnc5C)c(Cl)ccc24)[C@H](C)CN(c2cccc4cc(C(N)=O)n(C)c24)C3=O)cc(C)c1Cl. The van der Waals surface area contributed by atoms with Crippen molar-refractivity contribution in [2.75, 3.05) is 18.1 Å². The van der Waals surface area contributed by atoms with E-state index in [0.29, 0.717) is 42.4 Å². The number of carbonyl (C=O) groups is 2. The maximum Gasteiger partial charge on any atom is 0.275 e. The fourth-order valence-electron chi connectivity index (χ4n) is 7.61. The third kappa shape index (κ3) is 5.40. The highest BCUT2D eigenvalue weighted by molar-refractivity contribution is 6.35. The summed E-state index contributed by atoms with van der Waals surface area (Å²) in [4.78, 5) is 38.1. The van der Waals surface area contributed by atoms with Gasteiger partial charge in [-0.25, -0.2) is 9.97 Å². The lowest BCUT2D eigenvalue weighted by Gasteiger charge is -2.35. The van der Waals surface area contributed by atoms with E-state index in [4.69, 9.17) is 33.7 Å². The summed E-state index contributed by atoms with van der Waals surface area (Å²) in [6.07, 6.45) is 2.80. The molecule has 3 aromatic heterocycles. The fraction of sp³-hybridized carbons (Fsp3) is 0.282. The normalized spacial score (nSPS) is 14.5. The summed E-state index contributed by atoms with van der Waals surface area (Å²) < 4.78 is 10.1. The molecule has 0 spiro atoms. The van der Waals surface area contributed by atoms with Crippen LogP contribution in [-0.2, 0) is 13.5 Å². The zero-order valence-electron chi connectivity index (χ0n) is 28.9. The third-order valence-electron chi connectivity index (χ3n) is 9.86. The van der Waals surface area contributed by atoms with Crippen molar-refractivity contribution in [3.8, 4) is 16.9 Å². The van der Waals surface area contributed by atoms with E-state index in [9.17, 15) is 9.59 Å². The Kier molecular flexibility index (Phi) is 8.60. The summed E-state index contributed by atoms with van der Waals surface area (Å²) in [6.45, 7) is 10.8. The molecular weight excluding hydrogens is 671 g/mol. The van der Waals surface area contributed by atoms with E-state index < -0.39 is 5.91 Å². The summed E-state index contributed by atoms with van der Waals surface area (Å²) in [5.74, 6) is 0.105. The van der Waals surface area contributed by atoms with Gasteiger partial charge in [-0.05, 0) is 94.5 Å². The van der Waals surface area contributed by atoms with Crippen molar-refractivity contribution >= 4 is 62.5 Å². The molecule has 4 heterocycles. The molecule has 0 fully saturated rings. The number of anilines is 1. The van der Waals surface area contributed by atoms with Crippen LogP contribution >= 0.6 is 23.2 Å². The van der Waals surface area contributed by atoms with E-state index >= 15 is 0 Å². The Morgan fingerprint density at radius 1 is 0.980 bits per heavy atom. The van der Waals surface area contributed by atoms with Crippen molar-refractivity contribution in [3.05, 3.63) is 104 Å². The van der Waals surface area contributed by atoms with Crippen LogP contribution in [0.3, 0.4) is 0 Å². The largest absolute Gasteiger partial charge is 0.494 e. The second-order valence-corrected chi connectivity index (χ2v) is 14.0. The van der Waals surface area contributed by atoms with Crippen LogP contribution in [0.1, 0.15) is 68.4 Å². The maximum atomic E-state index is 15.0. The lowest BCUT2D eigenvalue weighted by Crippen LogP contribution is -2.43. The first-order chi connectivity index (χ1) is 23.9. The molecule has 3 aromatic carbocycles. The molecule has 256 valence electrons. The molecule has 11 heteroatoms. The number of rotatable bonds is 8. The zero-order valence-corrected chi connectivity index (χ0v) is 30.4. The van der Waals surface area contributed by atoms with Crippen molar-refractivity contribution in [2.24, 2.45) is 12.8 Å². The quantitative estimate of drug-likeness (QED) is 0.160. The van der Waals surface area contributed by atoms with Gasteiger partial charge in [0.15, 0.2) is 0 Å². The summed E-state index contributed by atoms with van der Waals surface area (Å²) in [6, 6.07) is 15.2. The van der Waals surface area contributed by atoms with Crippen LogP contribution in [0.2, 0.25) is 10.0 Å². The van der Waals surface area contributed by atoms with E-state index in [1.54, 1.807) is 24.0 Å². The molecule has 7 rings (SSSR count). The van der Waals surface area contributed by atoms with Gasteiger partial charge >= 0.3 is 0 Å². The number of aromatic nitrogens is 4. The molecule has 6 aromatic rings. The van der Waals surface area contributed by atoms with Gasteiger partial charge in [-0.3, -0.25) is 9.59 Å². The number of hydrogen-bond acceptors (Lipinski definition) is 5. The first kappa shape index (κ1) is 33.6. The van der Waals surface area contributed by atoms with Crippen LogP contribution in [0, 0.1) is 27.7 Å². The van der Waals surface area contributed by atoms with Crippen LogP contribution in [0.5, 0.6) is 5.75 Å². The smallest absolute Gasteiger partial charge is 0.275 e. The molecule has 1 aliphatic rings. The number of aryl methyl sites for hydroxylation is 6. The number of amides is 2. The molecule has 50 heavy (non-hydrogen) atoms. The van der Waals surface area contributed by atoms with E-state index in [0.717, 1.165) is 77.5 Å². The minimum atomic E-state index is -0.526. The standard InChI is InChI=1S/C39H38Cl2N6O3/c1-20-15-26(16-21(2)34(20)41)50-14-8-10-27-28-12-13-29(40)33(32-23(4)43-19-44-24(32)5)36(28)47-22(3)18-46(39(49)37(27)47)30-11-7-9-25-17-31(38(42)48)45(6)35(25)30/h7,9,11-13,15-17,19,22H,8,10,14,18H2,1-6H3,(H2,42,48)/t22-/m1/s1. The summed E-state index contributed by atoms with van der Waals surface area (Å²) in [7, 11) is 1.80. The average molecular weight is 710 g/mol. The number of hydrogen-bond donors (Lipinski definition) is 1. The predicted molar refractivity (Wildman–Crippen MR) is 200 cm³/mol. The average Bonchev–Trinajstić information content (AvgIpc) is 3.60. The Hall–Kier alpha value is -4.86. The monoisotopic (exact) mass is 708 g/mol. The van der Waals surface area contributed by atoms with Crippen LogP contribution in [0.4, 0.5) is 5.69 Å². The maximum absolute atomic E-state index is 15.0. The minimum Gasteiger partial charge on any atom is -0.494 e. The molecule has 0 saturated carbocycles. The van der Waals surface area contributed by atoms with Gasteiger partial charge in [-0.2, -0.15) is 0 Å². The molecule has 0 unspecified atom stereocenters. The number of fused-ring (bicyclic) bond motifs is 4. The van der Waals surface area contributed by atoms with Gasteiger partial charge in [0.25, 0.3) is 11.8 Å². The number of ether oxygens (including phenoxy) is 1. The molecule has 1 aliphatic heterocycles. The molecule has 9 nitrogen and oxygen atoms in total. The Balaban J connectivity index is 1.38. The molecule has 0 radical (unpaired) electrons. The van der Waals surface area contributed by atoms with Gasteiger partial charge in [-0.15, -0.1) is 0 Å². The molecule has 2 N–H and O–H groups in total. The third-order valence-corrected chi connectivity index (χ3v) is 10.8. The van der Waals surface area contributed by atoms with Crippen molar-refractivity contribution in [2.45, 2.75) is 53.5 Å². The lowest BCUT2D eigenvalue weighted by molar-refractivity contribution is 0.0956. The van der Waals surface area contributed by atoms with E-state index in [1.807, 2.05) is 75.1 Å². The van der Waals surface area contributed by atoms with E-state index in [1.165, 1.54) is 0 Å². The summed E-state index contributed by atoms with van der Waals surface area (Å²) in [5, 5.41) is 3.09. The van der Waals surface area contributed by atoms with Gasteiger partial charge in [0.05, 0.1) is 28.4 Å². The first-order valence-corrected chi connectivity index (χ1v) is 17.4. The molecular formula is C39H38Cl2N6O3. The zero-order chi connectivity index (χ0) is 35.6. The van der Waals surface area contributed by atoms with Crippen molar-refractivity contribution in [3.63, 3.8) is 0 Å². The number of carbonyl (C=O) groups excluding carboxylic acids is 2. The second-order valence-electron chi connectivity index (χ2n) is 13.2. The number of nitrogens with two attached hydrogens (primary N) is 1. The van der Waals surface area contributed by atoms with Crippen molar-refractivity contribution in [1.29, 1.82) is 0 Å². The van der Waals surface area contributed by atoms with Gasteiger partial charge in [0, 0.05) is 57.9 Å². The van der Waals surface area contributed by atoms with Gasteiger partial charge < -0.3 is 24.5 Å². The van der Waals surface area contributed by atoms with Crippen LogP contribution < -0.4 is 15.4 Å². The van der Waals surface area contributed by atoms with Crippen molar-refractivity contribution in [1.82, 2.24) is 19.1 Å². The molecule has 0 bridgehead atoms.